The molecule has 176 valence electrons. The van der Waals surface area contributed by atoms with E-state index >= 15 is 0 Å². The molecule has 1 saturated carbocycles. The number of hydrogen-bond donors (Lipinski definition) is 1. The van der Waals surface area contributed by atoms with E-state index in [1.165, 1.54) is 24.3 Å². The first-order chi connectivity index (χ1) is 16.0. The number of carbonyl (C=O) groups excluding carboxylic acids is 2. The lowest BCUT2D eigenvalue weighted by Gasteiger charge is -2.14. The van der Waals surface area contributed by atoms with Crippen LogP contribution in [0.5, 0.6) is 0 Å². The molecule has 3 nitrogen and oxygen atoms in total. The Morgan fingerprint density at radius 1 is 0.941 bits per heavy atom. The number of rotatable bonds is 6. The molecule has 34 heavy (non-hydrogen) atoms. The minimum absolute atomic E-state index is 0.230. The van der Waals surface area contributed by atoms with Gasteiger partial charge in [-0.2, -0.15) is 0 Å². The van der Waals surface area contributed by atoms with Gasteiger partial charge in [-0.05, 0) is 59.7 Å². The topological polar surface area (TPSA) is 46.2 Å². The molecule has 0 aromatic heterocycles. The van der Waals surface area contributed by atoms with Gasteiger partial charge in [0.2, 0.25) is 5.91 Å². The summed E-state index contributed by atoms with van der Waals surface area (Å²) in [6.45, 7) is 1.71. The van der Waals surface area contributed by atoms with Gasteiger partial charge in [0.05, 0.1) is 10.9 Å². The lowest BCUT2D eigenvalue weighted by Crippen LogP contribution is -2.18. The van der Waals surface area contributed by atoms with Crippen LogP contribution in [0, 0.1) is 11.7 Å². The summed E-state index contributed by atoms with van der Waals surface area (Å²) in [5, 5.41) is 3.82. The van der Waals surface area contributed by atoms with E-state index in [-0.39, 0.29) is 22.2 Å². The Hall–Kier alpha value is -1.82. The predicted octanol–water partition coefficient (Wildman–Crippen LogP) is 8.30. The fourth-order valence-corrected chi connectivity index (χ4v) is 5.55. The van der Waals surface area contributed by atoms with Crippen LogP contribution in [0.1, 0.15) is 40.2 Å². The Morgan fingerprint density at radius 3 is 2.18 bits per heavy atom. The maximum atomic E-state index is 13.2. The second kappa shape index (κ2) is 9.67. The second-order valence-electron chi connectivity index (χ2n) is 8.15. The Morgan fingerprint density at radius 2 is 1.56 bits per heavy atom. The van der Waals surface area contributed by atoms with Crippen LogP contribution in [0.4, 0.5) is 10.1 Å². The highest BCUT2D eigenvalue weighted by Crippen LogP contribution is 2.65. The Kier molecular flexibility index (Phi) is 7.19. The summed E-state index contributed by atoms with van der Waals surface area (Å²) in [6.07, 6.45) is 0. The molecule has 3 aromatic carbocycles. The van der Waals surface area contributed by atoms with Crippen LogP contribution in [0.15, 0.2) is 60.7 Å². The average Bonchev–Trinajstić information content (AvgIpc) is 3.36. The molecular formula is C25H17Cl5FNO2. The van der Waals surface area contributed by atoms with Crippen LogP contribution >= 0.6 is 58.0 Å². The molecule has 1 unspecified atom stereocenters. The van der Waals surface area contributed by atoms with Crippen LogP contribution < -0.4 is 5.32 Å². The zero-order valence-electron chi connectivity index (χ0n) is 17.6. The lowest BCUT2D eigenvalue weighted by atomic mass is 9.92. The molecule has 1 N–H and O–H groups in total. The molecule has 1 fully saturated rings. The van der Waals surface area contributed by atoms with Crippen molar-refractivity contribution in [2.24, 2.45) is 5.92 Å². The van der Waals surface area contributed by atoms with Crippen molar-refractivity contribution in [2.45, 2.75) is 23.1 Å². The van der Waals surface area contributed by atoms with E-state index in [0.29, 0.717) is 26.9 Å². The third-order valence-corrected chi connectivity index (χ3v) is 7.55. The van der Waals surface area contributed by atoms with Crippen molar-refractivity contribution in [1.82, 2.24) is 0 Å². The Bertz CT molecular complexity index is 1260. The van der Waals surface area contributed by atoms with Gasteiger partial charge < -0.3 is 5.32 Å². The first-order valence-electron chi connectivity index (χ1n) is 10.2. The van der Waals surface area contributed by atoms with E-state index in [2.05, 4.69) is 5.32 Å². The summed E-state index contributed by atoms with van der Waals surface area (Å²) < 4.78 is 11.9. The van der Waals surface area contributed by atoms with Gasteiger partial charge in [-0.15, -0.1) is 23.2 Å². The van der Waals surface area contributed by atoms with Crippen molar-refractivity contribution in [3.8, 4) is 0 Å². The molecule has 0 heterocycles. The molecule has 1 aliphatic rings. The van der Waals surface area contributed by atoms with Gasteiger partial charge in [-0.25, -0.2) is 4.39 Å². The van der Waals surface area contributed by atoms with Crippen molar-refractivity contribution in [3.63, 3.8) is 0 Å². The third kappa shape index (κ3) is 5.07. The number of Topliss-reactive ketones (excluding diaryl/α,β-unsaturated/α-hetero) is 1. The van der Waals surface area contributed by atoms with Crippen LogP contribution in [-0.2, 0) is 4.79 Å². The fourth-order valence-electron chi connectivity index (χ4n) is 3.97. The number of ketones is 1. The maximum absolute atomic E-state index is 13.2. The highest BCUT2D eigenvalue weighted by Gasteiger charge is 2.67. The van der Waals surface area contributed by atoms with Crippen molar-refractivity contribution in [2.75, 3.05) is 5.32 Å². The number of anilines is 1. The van der Waals surface area contributed by atoms with Crippen molar-refractivity contribution in [1.29, 1.82) is 0 Å². The summed E-state index contributed by atoms with van der Waals surface area (Å²) in [5.41, 5.74) is 1.89. The van der Waals surface area contributed by atoms with Crippen molar-refractivity contribution >= 4 is 75.4 Å². The predicted molar refractivity (Wildman–Crippen MR) is 136 cm³/mol. The number of carbonyl (C=O) groups is 2. The number of nitrogens with one attached hydrogen (secondary N) is 1. The zero-order valence-corrected chi connectivity index (χ0v) is 21.4. The standard InChI is InChI=1S/C25H17Cl5FNO2/c1-12(13-2-4-17(31)5-3-13)23(33)19-11-18(6-7-20(19)28)32-24(34)22-21(25(22,29)30)14-8-15(26)10-16(27)9-14/h2-12,21-22H,1H3,(H,32,34)/t12?,21-,22+/m0/s1. The van der Waals surface area contributed by atoms with E-state index in [1.807, 2.05) is 0 Å². The molecular weight excluding hydrogens is 543 g/mol. The SMILES string of the molecule is CC(C(=O)c1cc(NC(=O)[C@H]2[C@H](c3cc(Cl)cc(Cl)c3)C2(Cl)Cl)ccc1Cl)c1ccc(F)cc1. The van der Waals surface area contributed by atoms with E-state index < -0.39 is 28.0 Å². The molecule has 3 aromatic rings. The van der Waals surface area contributed by atoms with Gasteiger partial charge in [-0.3, -0.25) is 9.59 Å². The molecule has 0 bridgehead atoms. The summed E-state index contributed by atoms with van der Waals surface area (Å²) in [6, 6.07) is 15.2. The smallest absolute Gasteiger partial charge is 0.231 e. The molecule has 0 radical (unpaired) electrons. The summed E-state index contributed by atoms with van der Waals surface area (Å²) >= 11 is 31.3. The minimum Gasteiger partial charge on any atom is -0.326 e. The van der Waals surface area contributed by atoms with E-state index in [0.717, 1.165) is 0 Å². The Labute approximate surface area is 221 Å². The number of alkyl halides is 2. The molecule has 1 aliphatic carbocycles. The first kappa shape index (κ1) is 25.3. The van der Waals surface area contributed by atoms with E-state index in [4.69, 9.17) is 58.0 Å². The number of amides is 1. The van der Waals surface area contributed by atoms with Gasteiger partial charge in [-0.1, -0.05) is 53.9 Å². The van der Waals surface area contributed by atoms with Crippen LogP contribution in [0.3, 0.4) is 0 Å². The third-order valence-electron chi connectivity index (χ3n) is 5.84. The summed E-state index contributed by atoms with van der Waals surface area (Å²) in [7, 11) is 0. The highest BCUT2D eigenvalue weighted by atomic mass is 35.5. The summed E-state index contributed by atoms with van der Waals surface area (Å²) in [5.74, 6) is -2.90. The van der Waals surface area contributed by atoms with Crippen LogP contribution in [0.25, 0.3) is 0 Å². The van der Waals surface area contributed by atoms with E-state index in [9.17, 15) is 14.0 Å². The van der Waals surface area contributed by atoms with Crippen LogP contribution in [-0.4, -0.2) is 16.0 Å². The monoisotopic (exact) mass is 557 g/mol. The molecule has 0 aliphatic heterocycles. The quantitative estimate of drug-likeness (QED) is 0.244. The largest absolute Gasteiger partial charge is 0.326 e. The lowest BCUT2D eigenvalue weighted by molar-refractivity contribution is -0.117. The molecule has 3 atom stereocenters. The normalized spacial score (nSPS) is 19.4. The maximum Gasteiger partial charge on any atom is 0.231 e. The number of halogens is 6. The number of benzene rings is 3. The zero-order chi connectivity index (χ0) is 24.8. The molecule has 1 amide bonds. The highest BCUT2D eigenvalue weighted by molar-refractivity contribution is 6.53. The Balaban J connectivity index is 1.53. The first-order valence-corrected chi connectivity index (χ1v) is 12.1. The van der Waals surface area contributed by atoms with Gasteiger partial charge in [0.25, 0.3) is 0 Å². The van der Waals surface area contributed by atoms with Crippen molar-refractivity contribution in [3.05, 3.63) is 98.2 Å². The second-order valence-corrected chi connectivity index (χ2v) is 10.9. The van der Waals surface area contributed by atoms with Gasteiger partial charge in [0, 0.05) is 33.1 Å². The fraction of sp³-hybridized carbons (Fsp3) is 0.200. The minimum atomic E-state index is -1.33. The summed E-state index contributed by atoms with van der Waals surface area (Å²) in [4.78, 5) is 26.1. The van der Waals surface area contributed by atoms with Crippen LogP contribution in [0.2, 0.25) is 15.1 Å². The molecule has 9 heteroatoms. The van der Waals surface area contributed by atoms with Gasteiger partial charge >= 0.3 is 0 Å². The average molecular weight is 560 g/mol. The molecule has 0 spiro atoms. The molecule has 4 rings (SSSR count). The van der Waals surface area contributed by atoms with Gasteiger partial charge in [0.1, 0.15) is 10.2 Å². The van der Waals surface area contributed by atoms with Crippen molar-refractivity contribution < 1.29 is 14.0 Å². The van der Waals surface area contributed by atoms with E-state index in [1.54, 1.807) is 43.3 Å². The molecule has 0 saturated heterocycles. The van der Waals surface area contributed by atoms with Gasteiger partial charge in [0.15, 0.2) is 5.78 Å². The number of hydrogen-bond acceptors (Lipinski definition) is 2.